The summed E-state index contributed by atoms with van der Waals surface area (Å²) in [4.78, 5) is 14.7. The Labute approximate surface area is 160 Å². The van der Waals surface area contributed by atoms with Crippen molar-refractivity contribution < 1.29 is 13.2 Å². The van der Waals surface area contributed by atoms with Crippen LogP contribution in [-0.2, 0) is 10.0 Å². The number of hydrogen-bond acceptors (Lipinski definition) is 4. The van der Waals surface area contributed by atoms with Gasteiger partial charge < -0.3 is 4.90 Å². The number of hydrogen-bond donors (Lipinski definition) is 1. The maximum atomic E-state index is 12.9. The zero-order valence-electron chi connectivity index (χ0n) is 13.6. The molecule has 0 unspecified atom stereocenters. The molecule has 2 heterocycles. The van der Waals surface area contributed by atoms with Gasteiger partial charge in [-0.2, -0.15) is 0 Å². The SMILES string of the molecule is O=C(c1ccccc1NS(=O)(=O)c1ccc(Br)s1)N1CCCCCC1. The van der Waals surface area contributed by atoms with Gasteiger partial charge in [-0.3, -0.25) is 9.52 Å². The molecule has 8 heteroatoms. The number of halogens is 1. The number of sulfonamides is 1. The second kappa shape index (κ2) is 7.88. The first-order chi connectivity index (χ1) is 12.0. The average Bonchev–Trinajstić information content (AvgIpc) is 2.86. The van der Waals surface area contributed by atoms with Crippen LogP contribution in [0.5, 0.6) is 0 Å². The lowest BCUT2D eigenvalue weighted by Gasteiger charge is -2.22. The van der Waals surface area contributed by atoms with Crippen molar-refractivity contribution >= 4 is 48.9 Å². The third-order valence-electron chi connectivity index (χ3n) is 4.11. The summed E-state index contributed by atoms with van der Waals surface area (Å²) in [7, 11) is -3.72. The van der Waals surface area contributed by atoms with Crippen molar-refractivity contribution in [2.24, 2.45) is 0 Å². The lowest BCUT2D eigenvalue weighted by molar-refractivity contribution is 0.0762. The van der Waals surface area contributed by atoms with Gasteiger partial charge in [0.1, 0.15) is 4.21 Å². The Morgan fingerprint density at radius 1 is 1.04 bits per heavy atom. The molecule has 1 fully saturated rings. The van der Waals surface area contributed by atoms with Crippen molar-refractivity contribution in [3.8, 4) is 0 Å². The molecule has 2 aromatic rings. The molecular formula is C17H19BrN2O3S2. The number of carbonyl (C=O) groups is 1. The monoisotopic (exact) mass is 442 g/mol. The summed E-state index contributed by atoms with van der Waals surface area (Å²) < 4.78 is 28.7. The van der Waals surface area contributed by atoms with Gasteiger partial charge in [-0.05, 0) is 53.0 Å². The quantitative estimate of drug-likeness (QED) is 0.765. The fourth-order valence-electron chi connectivity index (χ4n) is 2.84. The van der Waals surface area contributed by atoms with Gasteiger partial charge in [-0.15, -0.1) is 11.3 Å². The number of anilines is 1. The van der Waals surface area contributed by atoms with E-state index in [2.05, 4.69) is 20.7 Å². The standard InChI is InChI=1S/C17H19BrN2O3S2/c18-15-9-10-16(24-15)25(22,23)19-14-8-4-3-7-13(14)17(21)20-11-5-1-2-6-12-20/h3-4,7-10,19H,1-2,5-6,11-12H2. The minimum absolute atomic E-state index is 0.118. The van der Waals surface area contributed by atoms with Crippen molar-refractivity contribution in [3.05, 3.63) is 45.7 Å². The van der Waals surface area contributed by atoms with Crippen LogP contribution < -0.4 is 4.72 Å². The van der Waals surface area contributed by atoms with Crippen LogP contribution in [0.2, 0.25) is 0 Å². The maximum Gasteiger partial charge on any atom is 0.271 e. The molecule has 3 rings (SSSR count). The Balaban J connectivity index is 1.87. The van der Waals surface area contributed by atoms with E-state index in [0.717, 1.165) is 53.9 Å². The predicted molar refractivity (Wildman–Crippen MR) is 104 cm³/mol. The molecule has 1 N–H and O–H groups in total. The lowest BCUT2D eigenvalue weighted by Crippen LogP contribution is -2.32. The van der Waals surface area contributed by atoms with Gasteiger partial charge in [0.15, 0.2) is 0 Å². The molecule has 1 amide bonds. The summed E-state index contributed by atoms with van der Waals surface area (Å²) in [6.45, 7) is 1.44. The minimum atomic E-state index is -3.72. The third kappa shape index (κ3) is 4.43. The van der Waals surface area contributed by atoms with Crippen molar-refractivity contribution in [2.75, 3.05) is 17.8 Å². The number of nitrogens with one attached hydrogen (secondary N) is 1. The summed E-state index contributed by atoms with van der Waals surface area (Å²) in [5.74, 6) is -0.118. The van der Waals surface area contributed by atoms with Gasteiger partial charge in [0.25, 0.3) is 15.9 Å². The predicted octanol–water partition coefficient (Wildman–Crippen LogP) is 4.33. The highest BCUT2D eigenvalue weighted by atomic mass is 79.9. The molecule has 1 aliphatic heterocycles. The molecule has 1 saturated heterocycles. The van der Waals surface area contributed by atoms with E-state index >= 15 is 0 Å². The summed E-state index contributed by atoms with van der Waals surface area (Å²) >= 11 is 4.40. The van der Waals surface area contributed by atoms with E-state index < -0.39 is 10.0 Å². The molecule has 5 nitrogen and oxygen atoms in total. The summed E-state index contributed by atoms with van der Waals surface area (Å²) in [6, 6.07) is 10.0. The topological polar surface area (TPSA) is 66.5 Å². The lowest BCUT2D eigenvalue weighted by atomic mass is 10.1. The molecule has 134 valence electrons. The van der Waals surface area contributed by atoms with Crippen LogP contribution in [0.3, 0.4) is 0 Å². The fraction of sp³-hybridized carbons (Fsp3) is 0.353. The molecule has 0 aliphatic carbocycles. The van der Waals surface area contributed by atoms with Crippen molar-refractivity contribution in [1.29, 1.82) is 0 Å². The Hall–Kier alpha value is -1.38. The third-order valence-corrected chi connectivity index (χ3v) is 7.59. The van der Waals surface area contributed by atoms with E-state index in [9.17, 15) is 13.2 Å². The molecule has 1 aliphatic rings. The van der Waals surface area contributed by atoms with E-state index in [4.69, 9.17) is 0 Å². The minimum Gasteiger partial charge on any atom is -0.339 e. The Bertz CT molecular complexity index is 856. The van der Waals surface area contributed by atoms with Crippen molar-refractivity contribution in [2.45, 2.75) is 29.9 Å². The van der Waals surface area contributed by atoms with Gasteiger partial charge in [0, 0.05) is 13.1 Å². The van der Waals surface area contributed by atoms with Crippen LogP contribution in [0.4, 0.5) is 5.69 Å². The molecule has 0 radical (unpaired) electrons. The molecule has 1 aromatic heterocycles. The highest BCUT2D eigenvalue weighted by Gasteiger charge is 2.23. The van der Waals surface area contributed by atoms with Crippen LogP contribution in [-0.4, -0.2) is 32.3 Å². The number of carbonyl (C=O) groups excluding carboxylic acids is 1. The number of thiophene rings is 1. The van der Waals surface area contributed by atoms with Gasteiger partial charge >= 0.3 is 0 Å². The highest BCUT2D eigenvalue weighted by molar-refractivity contribution is 9.11. The van der Waals surface area contributed by atoms with Crippen LogP contribution >= 0.6 is 27.3 Å². The fourth-order valence-corrected chi connectivity index (χ4v) is 5.93. The zero-order chi connectivity index (χ0) is 17.9. The first kappa shape index (κ1) is 18.4. The zero-order valence-corrected chi connectivity index (χ0v) is 16.8. The van der Waals surface area contributed by atoms with E-state index in [1.165, 1.54) is 6.07 Å². The summed E-state index contributed by atoms with van der Waals surface area (Å²) in [5.41, 5.74) is 0.713. The maximum absolute atomic E-state index is 12.9. The van der Waals surface area contributed by atoms with Gasteiger partial charge in [0.05, 0.1) is 15.0 Å². The first-order valence-electron chi connectivity index (χ1n) is 8.14. The molecule has 0 spiro atoms. The molecule has 0 atom stereocenters. The summed E-state index contributed by atoms with van der Waals surface area (Å²) in [5, 5.41) is 0. The normalized spacial score (nSPS) is 15.6. The molecule has 0 saturated carbocycles. The van der Waals surface area contributed by atoms with Crippen LogP contribution in [0.25, 0.3) is 0 Å². The smallest absolute Gasteiger partial charge is 0.271 e. The molecular weight excluding hydrogens is 424 g/mol. The van der Waals surface area contributed by atoms with E-state index in [1.54, 1.807) is 30.3 Å². The van der Waals surface area contributed by atoms with Crippen molar-refractivity contribution in [1.82, 2.24) is 4.90 Å². The Kier molecular flexibility index (Phi) is 5.81. The van der Waals surface area contributed by atoms with Crippen LogP contribution in [0.15, 0.2) is 44.4 Å². The molecule has 0 bridgehead atoms. The van der Waals surface area contributed by atoms with E-state index in [1.807, 2.05) is 4.90 Å². The number of para-hydroxylation sites is 1. The van der Waals surface area contributed by atoms with Gasteiger partial charge in [-0.1, -0.05) is 25.0 Å². The van der Waals surface area contributed by atoms with E-state index in [0.29, 0.717) is 11.3 Å². The Morgan fingerprint density at radius 3 is 2.36 bits per heavy atom. The number of nitrogens with zero attached hydrogens (tertiary/aromatic N) is 1. The second-order valence-electron chi connectivity index (χ2n) is 5.92. The van der Waals surface area contributed by atoms with E-state index in [-0.39, 0.29) is 10.1 Å². The van der Waals surface area contributed by atoms with Crippen LogP contribution in [0.1, 0.15) is 36.0 Å². The number of likely N-dealkylation sites (tertiary alicyclic amines) is 1. The largest absolute Gasteiger partial charge is 0.339 e. The molecule has 1 aromatic carbocycles. The summed E-state index contributed by atoms with van der Waals surface area (Å²) in [6.07, 6.45) is 4.24. The first-order valence-corrected chi connectivity index (χ1v) is 11.2. The number of benzene rings is 1. The molecule has 25 heavy (non-hydrogen) atoms. The Morgan fingerprint density at radius 2 is 1.72 bits per heavy atom. The van der Waals surface area contributed by atoms with Gasteiger partial charge in [0.2, 0.25) is 0 Å². The van der Waals surface area contributed by atoms with Crippen molar-refractivity contribution in [3.63, 3.8) is 0 Å². The second-order valence-corrected chi connectivity index (χ2v) is 10.3. The average molecular weight is 443 g/mol. The number of rotatable bonds is 4. The van der Waals surface area contributed by atoms with Crippen LogP contribution in [0, 0.1) is 0 Å². The number of amides is 1. The highest BCUT2D eigenvalue weighted by Crippen LogP contribution is 2.29. The van der Waals surface area contributed by atoms with Gasteiger partial charge in [-0.25, -0.2) is 8.42 Å².